The van der Waals surface area contributed by atoms with Gasteiger partial charge in [-0.05, 0) is 25.1 Å². The van der Waals surface area contributed by atoms with Crippen LogP contribution >= 0.6 is 0 Å². The number of nitrogens with zero attached hydrogens (tertiary/aromatic N) is 1. The molecule has 2 aromatic heterocycles. The van der Waals surface area contributed by atoms with E-state index in [1.807, 2.05) is 24.3 Å². The summed E-state index contributed by atoms with van der Waals surface area (Å²) in [4.78, 5) is 19.5. The maximum absolute atomic E-state index is 11.9. The fourth-order valence-corrected chi connectivity index (χ4v) is 1.97. The number of carbonyl (C=O) groups excluding carboxylic acids is 1. The van der Waals surface area contributed by atoms with E-state index < -0.39 is 0 Å². The molecule has 3 rings (SSSR count). The molecule has 5 nitrogen and oxygen atoms in total. The third-order valence-corrected chi connectivity index (χ3v) is 2.96. The minimum Gasteiger partial charge on any atom is -0.469 e. The highest BCUT2D eigenvalue weighted by Gasteiger charge is 2.11. The Hall–Kier alpha value is -2.56. The summed E-state index contributed by atoms with van der Waals surface area (Å²) in [6.07, 6.45) is 1.51. The van der Waals surface area contributed by atoms with E-state index in [0.717, 1.165) is 16.9 Å². The van der Waals surface area contributed by atoms with Crippen molar-refractivity contribution in [2.75, 3.05) is 0 Å². The first-order valence-corrected chi connectivity index (χ1v) is 6.00. The van der Waals surface area contributed by atoms with Crippen LogP contribution in [0.3, 0.4) is 0 Å². The lowest BCUT2D eigenvalue weighted by atomic mass is 10.2. The quantitative estimate of drug-likeness (QED) is 0.755. The molecule has 0 spiro atoms. The molecule has 0 saturated carbocycles. The van der Waals surface area contributed by atoms with E-state index in [0.29, 0.717) is 17.9 Å². The zero-order valence-corrected chi connectivity index (χ0v) is 10.4. The normalized spacial score (nSPS) is 10.8. The van der Waals surface area contributed by atoms with E-state index in [2.05, 4.69) is 15.3 Å². The summed E-state index contributed by atoms with van der Waals surface area (Å²) >= 11 is 0. The van der Waals surface area contributed by atoms with Crippen LogP contribution in [-0.4, -0.2) is 15.9 Å². The Morgan fingerprint density at radius 3 is 2.95 bits per heavy atom. The molecule has 0 aliphatic rings. The van der Waals surface area contributed by atoms with Gasteiger partial charge in [0.1, 0.15) is 11.6 Å². The van der Waals surface area contributed by atoms with E-state index in [4.69, 9.17) is 4.42 Å². The van der Waals surface area contributed by atoms with Crippen molar-refractivity contribution < 1.29 is 9.21 Å². The highest BCUT2D eigenvalue weighted by molar-refractivity contribution is 5.94. The number of para-hydroxylation sites is 2. The van der Waals surface area contributed by atoms with Gasteiger partial charge in [-0.3, -0.25) is 4.79 Å². The molecule has 3 aromatic rings. The topological polar surface area (TPSA) is 70.9 Å². The molecule has 0 aliphatic heterocycles. The van der Waals surface area contributed by atoms with Crippen molar-refractivity contribution in [1.29, 1.82) is 0 Å². The summed E-state index contributed by atoms with van der Waals surface area (Å²) in [7, 11) is 0. The Labute approximate surface area is 109 Å². The van der Waals surface area contributed by atoms with Gasteiger partial charge in [-0.2, -0.15) is 0 Å². The van der Waals surface area contributed by atoms with E-state index in [1.165, 1.54) is 6.26 Å². The van der Waals surface area contributed by atoms with Crippen LogP contribution in [0.15, 0.2) is 41.0 Å². The van der Waals surface area contributed by atoms with Crippen LogP contribution in [0.4, 0.5) is 0 Å². The van der Waals surface area contributed by atoms with Crippen molar-refractivity contribution >= 4 is 16.9 Å². The Balaban J connectivity index is 1.72. The van der Waals surface area contributed by atoms with E-state index in [1.54, 1.807) is 13.0 Å². The number of fused-ring (bicyclic) bond motifs is 1. The highest BCUT2D eigenvalue weighted by Crippen LogP contribution is 2.11. The van der Waals surface area contributed by atoms with Gasteiger partial charge in [-0.25, -0.2) is 4.98 Å². The number of aromatic amines is 1. The number of furan rings is 1. The van der Waals surface area contributed by atoms with Gasteiger partial charge in [0.15, 0.2) is 0 Å². The Morgan fingerprint density at radius 1 is 1.37 bits per heavy atom. The molecule has 0 radical (unpaired) electrons. The number of hydrogen-bond acceptors (Lipinski definition) is 3. The molecule has 0 atom stereocenters. The fraction of sp³-hybridized carbons (Fsp3) is 0.143. The van der Waals surface area contributed by atoms with Crippen LogP contribution < -0.4 is 5.32 Å². The first-order valence-electron chi connectivity index (χ1n) is 6.00. The second kappa shape index (κ2) is 4.61. The number of nitrogens with one attached hydrogen (secondary N) is 2. The Kier molecular flexibility index (Phi) is 2.79. The third kappa shape index (κ3) is 2.22. The van der Waals surface area contributed by atoms with Crippen molar-refractivity contribution in [3.8, 4) is 0 Å². The second-order valence-corrected chi connectivity index (χ2v) is 4.27. The molecular weight excluding hydrogens is 242 g/mol. The molecule has 0 unspecified atom stereocenters. The van der Waals surface area contributed by atoms with Crippen molar-refractivity contribution in [3.05, 3.63) is 53.7 Å². The van der Waals surface area contributed by atoms with Crippen LogP contribution in [0.5, 0.6) is 0 Å². The maximum atomic E-state index is 11.9. The van der Waals surface area contributed by atoms with Crippen LogP contribution in [0.25, 0.3) is 11.0 Å². The van der Waals surface area contributed by atoms with Gasteiger partial charge >= 0.3 is 0 Å². The number of aryl methyl sites for hydroxylation is 1. The lowest BCUT2D eigenvalue weighted by molar-refractivity contribution is 0.0948. The van der Waals surface area contributed by atoms with Gasteiger partial charge < -0.3 is 14.7 Å². The molecule has 2 N–H and O–H groups in total. The minimum absolute atomic E-state index is 0.160. The molecule has 0 bridgehead atoms. The number of benzene rings is 1. The predicted molar refractivity (Wildman–Crippen MR) is 70.7 cm³/mol. The average Bonchev–Trinajstić information content (AvgIpc) is 3.01. The molecule has 2 heterocycles. The van der Waals surface area contributed by atoms with Gasteiger partial charge in [0, 0.05) is 0 Å². The van der Waals surface area contributed by atoms with Crippen molar-refractivity contribution in [2.45, 2.75) is 13.5 Å². The lowest BCUT2D eigenvalue weighted by Gasteiger charge is -2.01. The number of amides is 1. The highest BCUT2D eigenvalue weighted by atomic mass is 16.3. The zero-order chi connectivity index (χ0) is 13.2. The molecule has 1 amide bonds. The molecule has 5 heteroatoms. The summed E-state index contributed by atoms with van der Waals surface area (Å²) in [5.41, 5.74) is 2.41. The fourth-order valence-electron chi connectivity index (χ4n) is 1.97. The molecule has 0 fully saturated rings. The average molecular weight is 255 g/mol. The van der Waals surface area contributed by atoms with Gasteiger partial charge in [-0.15, -0.1) is 0 Å². The van der Waals surface area contributed by atoms with Crippen molar-refractivity contribution in [3.63, 3.8) is 0 Å². The van der Waals surface area contributed by atoms with Crippen molar-refractivity contribution in [2.24, 2.45) is 0 Å². The van der Waals surface area contributed by atoms with Gasteiger partial charge in [-0.1, -0.05) is 12.1 Å². The number of rotatable bonds is 3. The second-order valence-electron chi connectivity index (χ2n) is 4.27. The molecular formula is C14H13N3O2. The molecule has 0 aliphatic carbocycles. The summed E-state index contributed by atoms with van der Waals surface area (Å²) in [5, 5.41) is 2.81. The Morgan fingerprint density at radius 2 is 2.21 bits per heavy atom. The minimum atomic E-state index is -0.160. The first-order chi connectivity index (χ1) is 9.24. The summed E-state index contributed by atoms with van der Waals surface area (Å²) in [6, 6.07) is 9.41. The smallest absolute Gasteiger partial charge is 0.255 e. The van der Waals surface area contributed by atoms with E-state index in [9.17, 15) is 4.79 Å². The van der Waals surface area contributed by atoms with Crippen LogP contribution in [0.1, 0.15) is 21.9 Å². The maximum Gasteiger partial charge on any atom is 0.255 e. The summed E-state index contributed by atoms with van der Waals surface area (Å²) < 4.78 is 5.10. The molecule has 19 heavy (non-hydrogen) atoms. The number of aromatic nitrogens is 2. The first kappa shape index (κ1) is 11.5. The molecule has 0 saturated heterocycles. The lowest BCUT2D eigenvalue weighted by Crippen LogP contribution is -2.23. The van der Waals surface area contributed by atoms with Crippen molar-refractivity contribution in [1.82, 2.24) is 15.3 Å². The third-order valence-electron chi connectivity index (χ3n) is 2.96. The van der Waals surface area contributed by atoms with Gasteiger partial charge in [0.05, 0.1) is 29.4 Å². The number of imidazole rings is 1. The number of H-pyrrole nitrogens is 1. The summed E-state index contributed by atoms with van der Waals surface area (Å²) in [6.45, 7) is 2.12. The van der Waals surface area contributed by atoms with Gasteiger partial charge in [0.25, 0.3) is 5.91 Å². The van der Waals surface area contributed by atoms with Crippen LogP contribution in [0, 0.1) is 6.92 Å². The monoisotopic (exact) mass is 255 g/mol. The summed E-state index contributed by atoms with van der Waals surface area (Å²) in [5.74, 6) is 1.18. The largest absolute Gasteiger partial charge is 0.469 e. The number of hydrogen-bond donors (Lipinski definition) is 2. The van der Waals surface area contributed by atoms with Gasteiger partial charge in [0.2, 0.25) is 0 Å². The van der Waals surface area contributed by atoms with E-state index in [-0.39, 0.29) is 5.91 Å². The SMILES string of the molecule is Cc1occc1C(=O)NCc1nc2ccccc2[nH]1. The predicted octanol–water partition coefficient (Wildman–Crippen LogP) is 2.39. The van der Waals surface area contributed by atoms with Crippen LogP contribution in [-0.2, 0) is 6.54 Å². The zero-order valence-electron chi connectivity index (χ0n) is 10.4. The standard InChI is InChI=1S/C14H13N3O2/c1-9-10(6-7-19-9)14(18)15-8-13-16-11-4-2-3-5-12(11)17-13/h2-7H,8H2,1H3,(H,15,18)(H,16,17). The Bertz CT molecular complexity index is 694. The molecule has 1 aromatic carbocycles. The van der Waals surface area contributed by atoms with E-state index >= 15 is 0 Å². The van der Waals surface area contributed by atoms with Crippen LogP contribution in [0.2, 0.25) is 0 Å². The molecule has 96 valence electrons. The number of carbonyl (C=O) groups is 1.